The monoisotopic (exact) mass is 277 g/mol. The molecule has 0 aliphatic rings. The summed E-state index contributed by atoms with van der Waals surface area (Å²) in [6, 6.07) is 8.52. The topological polar surface area (TPSA) is 51.0 Å². The Labute approximate surface area is 118 Å². The Bertz CT molecular complexity index is 510. The van der Waals surface area contributed by atoms with E-state index in [1.807, 2.05) is 12.1 Å². The summed E-state index contributed by atoms with van der Waals surface area (Å²) in [4.78, 5) is 5.66. The van der Waals surface area contributed by atoms with Gasteiger partial charge in [-0.1, -0.05) is 12.1 Å². The molecule has 4 nitrogen and oxygen atoms in total. The second-order valence-electron chi connectivity index (χ2n) is 4.40. The Balaban J connectivity index is 2.07. The molecule has 5 heteroatoms. The van der Waals surface area contributed by atoms with E-state index in [2.05, 4.69) is 47.7 Å². The lowest BCUT2D eigenvalue weighted by atomic mass is 10.2. The number of nitrogens with zero attached hydrogens (tertiary/aromatic N) is 2. The molecular weight excluding hydrogens is 258 g/mol. The van der Waals surface area contributed by atoms with Crippen molar-refractivity contribution in [1.82, 2.24) is 15.5 Å². The fourth-order valence-corrected chi connectivity index (χ4v) is 2.29. The molecule has 1 aromatic carbocycles. The third-order valence-corrected chi connectivity index (χ3v) is 3.59. The van der Waals surface area contributed by atoms with Crippen molar-refractivity contribution in [3.8, 4) is 11.4 Å². The maximum absolute atomic E-state index is 5.29. The molecule has 1 atom stereocenters. The summed E-state index contributed by atoms with van der Waals surface area (Å²) in [5.41, 5.74) is 0.990. The Hall–Kier alpha value is -1.33. The van der Waals surface area contributed by atoms with Gasteiger partial charge in [0.1, 0.15) is 0 Å². The van der Waals surface area contributed by atoms with Gasteiger partial charge in [-0.25, -0.2) is 0 Å². The largest absolute Gasteiger partial charge is 0.339 e. The van der Waals surface area contributed by atoms with Crippen molar-refractivity contribution < 1.29 is 4.52 Å². The maximum Gasteiger partial charge on any atom is 0.228 e. The van der Waals surface area contributed by atoms with Gasteiger partial charge in [-0.15, -0.1) is 11.8 Å². The summed E-state index contributed by atoms with van der Waals surface area (Å²) in [6.07, 6.45) is 2.81. The molecule has 1 unspecified atom stereocenters. The third kappa shape index (κ3) is 3.81. The average Bonchev–Trinajstić information content (AvgIpc) is 2.87. The predicted molar refractivity (Wildman–Crippen MR) is 78.4 cm³/mol. The smallest absolute Gasteiger partial charge is 0.228 e. The minimum Gasteiger partial charge on any atom is -0.339 e. The van der Waals surface area contributed by atoms with Gasteiger partial charge in [0.15, 0.2) is 0 Å². The van der Waals surface area contributed by atoms with E-state index >= 15 is 0 Å². The first-order valence-corrected chi connectivity index (χ1v) is 7.65. The fraction of sp³-hybridized carbons (Fsp3) is 0.429. The van der Waals surface area contributed by atoms with Crippen LogP contribution in [-0.2, 0) is 6.42 Å². The van der Waals surface area contributed by atoms with E-state index in [4.69, 9.17) is 4.52 Å². The van der Waals surface area contributed by atoms with Crippen LogP contribution in [-0.4, -0.2) is 29.0 Å². The molecule has 0 amide bonds. The van der Waals surface area contributed by atoms with Crippen molar-refractivity contribution in [2.24, 2.45) is 0 Å². The molecule has 1 aromatic heterocycles. The van der Waals surface area contributed by atoms with Gasteiger partial charge >= 0.3 is 0 Å². The highest BCUT2D eigenvalue weighted by Gasteiger charge is 2.11. The Morgan fingerprint density at radius 2 is 2.05 bits per heavy atom. The van der Waals surface area contributed by atoms with Gasteiger partial charge in [0, 0.05) is 22.9 Å². The molecule has 1 heterocycles. The zero-order valence-electron chi connectivity index (χ0n) is 11.5. The summed E-state index contributed by atoms with van der Waals surface area (Å²) < 4.78 is 5.29. The van der Waals surface area contributed by atoms with Crippen LogP contribution in [0.1, 0.15) is 19.7 Å². The molecule has 0 radical (unpaired) electrons. The zero-order chi connectivity index (χ0) is 13.7. The second kappa shape index (κ2) is 6.73. The lowest BCUT2D eigenvalue weighted by Crippen LogP contribution is -2.27. The lowest BCUT2D eigenvalue weighted by molar-refractivity contribution is 0.363. The number of aromatic nitrogens is 2. The van der Waals surface area contributed by atoms with Crippen LogP contribution in [0.25, 0.3) is 11.4 Å². The summed E-state index contributed by atoms with van der Waals surface area (Å²) in [7, 11) is 0. The summed E-state index contributed by atoms with van der Waals surface area (Å²) in [6.45, 7) is 5.14. The highest BCUT2D eigenvalue weighted by atomic mass is 32.2. The Morgan fingerprint density at radius 3 is 2.68 bits per heavy atom. The first-order chi connectivity index (χ1) is 9.22. The van der Waals surface area contributed by atoms with Gasteiger partial charge < -0.3 is 9.84 Å². The molecule has 1 N–H and O–H groups in total. The Morgan fingerprint density at radius 1 is 1.32 bits per heavy atom. The average molecular weight is 277 g/mol. The lowest BCUT2D eigenvalue weighted by Gasteiger charge is -2.07. The number of rotatable bonds is 6. The van der Waals surface area contributed by atoms with E-state index in [1.54, 1.807) is 11.8 Å². The van der Waals surface area contributed by atoms with E-state index in [1.165, 1.54) is 4.90 Å². The number of hydrogen-bond donors (Lipinski definition) is 1. The standard InChI is InChI=1S/C14H19N3OS/c1-4-15-10(2)9-13-16-14(17-18-13)11-5-7-12(19-3)8-6-11/h5-8,10,15H,4,9H2,1-3H3. The van der Waals surface area contributed by atoms with Crippen LogP contribution in [0.2, 0.25) is 0 Å². The zero-order valence-corrected chi connectivity index (χ0v) is 12.3. The molecule has 0 saturated carbocycles. The van der Waals surface area contributed by atoms with Crippen molar-refractivity contribution in [3.63, 3.8) is 0 Å². The first-order valence-electron chi connectivity index (χ1n) is 6.43. The van der Waals surface area contributed by atoms with Crippen molar-refractivity contribution in [2.45, 2.75) is 31.2 Å². The predicted octanol–water partition coefficient (Wildman–Crippen LogP) is 3.00. The van der Waals surface area contributed by atoms with E-state index < -0.39 is 0 Å². The van der Waals surface area contributed by atoms with Gasteiger partial charge in [0.2, 0.25) is 11.7 Å². The normalized spacial score (nSPS) is 12.6. The third-order valence-electron chi connectivity index (χ3n) is 2.85. The molecule has 102 valence electrons. The molecule has 0 aliphatic carbocycles. The molecule has 0 saturated heterocycles. The molecule has 0 spiro atoms. The van der Waals surface area contributed by atoms with Gasteiger partial charge in [-0.2, -0.15) is 4.98 Å². The van der Waals surface area contributed by atoms with Crippen molar-refractivity contribution in [3.05, 3.63) is 30.2 Å². The summed E-state index contributed by atoms with van der Waals surface area (Å²) in [5.74, 6) is 1.34. The van der Waals surface area contributed by atoms with Gasteiger partial charge in [-0.05, 0) is 44.0 Å². The van der Waals surface area contributed by atoms with Crippen LogP contribution in [0, 0.1) is 0 Å². The quantitative estimate of drug-likeness (QED) is 0.823. The van der Waals surface area contributed by atoms with Crippen LogP contribution in [0.3, 0.4) is 0 Å². The molecule has 2 rings (SSSR count). The molecule has 19 heavy (non-hydrogen) atoms. The first kappa shape index (κ1) is 14.1. The highest BCUT2D eigenvalue weighted by Crippen LogP contribution is 2.21. The van der Waals surface area contributed by atoms with Crippen molar-refractivity contribution in [1.29, 1.82) is 0 Å². The number of benzene rings is 1. The van der Waals surface area contributed by atoms with Crippen LogP contribution in [0.5, 0.6) is 0 Å². The molecule has 0 fully saturated rings. The molecule has 2 aromatic rings. The SMILES string of the molecule is CCNC(C)Cc1nc(-c2ccc(SC)cc2)no1. The molecule has 0 bridgehead atoms. The van der Waals surface area contributed by atoms with Crippen LogP contribution >= 0.6 is 11.8 Å². The number of likely N-dealkylation sites (N-methyl/N-ethyl adjacent to an activating group) is 1. The minimum absolute atomic E-state index is 0.345. The number of thioether (sulfide) groups is 1. The highest BCUT2D eigenvalue weighted by molar-refractivity contribution is 7.98. The molecule has 0 aliphatic heterocycles. The van der Waals surface area contributed by atoms with Crippen LogP contribution < -0.4 is 5.32 Å². The van der Waals surface area contributed by atoms with Gasteiger partial charge in [0.25, 0.3) is 0 Å². The summed E-state index contributed by atoms with van der Waals surface area (Å²) >= 11 is 1.72. The van der Waals surface area contributed by atoms with Crippen molar-refractivity contribution in [2.75, 3.05) is 12.8 Å². The molecular formula is C14H19N3OS. The van der Waals surface area contributed by atoms with Gasteiger partial charge in [-0.3, -0.25) is 0 Å². The second-order valence-corrected chi connectivity index (χ2v) is 5.28. The van der Waals surface area contributed by atoms with Crippen LogP contribution in [0.15, 0.2) is 33.7 Å². The maximum atomic E-state index is 5.29. The fourth-order valence-electron chi connectivity index (χ4n) is 1.88. The van der Waals surface area contributed by atoms with E-state index in [9.17, 15) is 0 Å². The minimum atomic E-state index is 0.345. The van der Waals surface area contributed by atoms with E-state index in [-0.39, 0.29) is 0 Å². The Kier molecular flexibility index (Phi) is 4.99. The number of nitrogens with one attached hydrogen (secondary N) is 1. The van der Waals surface area contributed by atoms with Crippen LogP contribution in [0.4, 0.5) is 0 Å². The van der Waals surface area contributed by atoms with Crippen molar-refractivity contribution >= 4 is 11.8 Å². The van der Waals surface area contributed by atoms with Gasteiger partial charge in [0.05, 0.1) is 0 Å². The number of hydrogen-bond acceptors (Lipinski definition) is 5. The van der Waals surface area contributed by atoms with E-state index in [0.717, 1.165) is 18.5 Å². The van der Waals surface area contributed by atoms with E-state index in [0.29, 0.717) is 17.8 Å². The summed E-state index contributed by atoms with van der Waals surface area (Å²) in [5, 5.41) is 7.36.